The van der Waals surface area contributed by atoms with E-state index >= 15 is 0 Å². The number of nitrogens with zero attached hydrogens (tertiary/aromatic N) is 2. The molecule has 0 N–H and O–H groups in total. The molecule has 0 unspecified atom stereocenters. The van der Waals surface area contributed by atoms with Crippen molar-refractivity contribution in [2.45, 2.75) is 51.3 Å². The summed E-state index contributed by atoms with van der Waals surface area (Å²) in [5.74, 6) is 6.20. The average Bonchev–Trinajstić information content (AvgIpc) is 3.08. The lowest BCUT2D eigenvalue weighted by Crippen LogP contribution is -2.33. The topological polar surface area (TPSA) is 74.8 Å². The third-order valence-corrected chi connectivity index (χ3v) is 11.5. The maximum absolute atomic E-state index is 14.0. The van der Waals surface area contributed by atoms with Gasteiger partial charge < -0.3 is 0 Å². The first-order valence-electron chi connectivity index (χ1n) is 15.7. The molecule has 0 bridgehead atoms. The van der Waals surface area contributed by atoms with Crippen LogP contribution in [-0.4, -0.2) is 29.9 Å². The molecule has 248 valence electrons. The molecule has 4 aromatic rings. The Labute approximate surface area is 286 Å². The lowest BCUT2D eigenvalue weighted by molar-refractivity contribution is 0.590. The highest BCUT2D eigenvalue weighted by atomic mass is 32.2. The van der Waals surface area contributed by atoms with Crippen LogP contribution in [0.2, 0.25) is 0 Å². The molecule has 0 aliphatic heterocycles. The third-order valence-electron chi connectivity index (χ3n) is 7.92. The second-order valence-electron chi connectivity index (χ2n) is 11.6. The summed E-state index contributed by atoms with van der Waals surface area (Å²) in [6, 6.07) is 28.1. The monoisotopic (exact) mass is 678 g/mol. The van der Waals surface area contributed by atoms with Gasteiger partial charge in [0.15, 0.2) is 0 Å². The summed E-state index contributed by atoms with van der Waals surface area (Å²) in [7, 11) is -7.78. The van der Waals surface area contributed by atoms with Crippen molar-refractivity contribution in [3.8, 4) is 11.8 Å². The molecule has 4 aromatic carbocycles. The number of aryl methyl sites for hydroxylation is 2. The van der Waals surface area contributed by atoms with E-state index in [2.05, 4.69) is 11.8 Å². The molecule has 4 rings (SSSR count). The minimum Gasteiger partial charge on any atom is -0.262 e. The fourth-order valence-electron chi connectivity index (χ4n) is 4.81. The Balaban J connectivity index is 1.74. The number of hydrogen-bond acceptors (Lipinski definition) is 4. The van der Waals surface area contributed by atoms with Crippen molar-refractivity contribution < 1.29 is 16.8 Å². The summed E-state index contributed by atoms with van der Waals surface area (Å²) in [6.07, 6.45) is 7.23. The molecule has 0 amide bonds. The van der Waals surface area contributed by atoms with Gasteiger partial charge in [0.25, 0.3) is 20.0 Å². The zero-order valence-corrected chi connectivity index (χ0v) is 29.9. The predicted octanol–water partition coefficient (Wildman–Crippen LogP) is 8.69. The number of anilines is 2. The molecule has 0 spiro atoms. The van der Waals surface area contributed by atoms with Crippen molar-refractivity contribution in [3.05, 3.63) is 149 Å². The smallest absolute Gasteiger partial charge is 0.262 e. The Hall–Kier alpha value is -4.84. The summed E-state index contributed by atoms with van der Waals surface area (Å²) in [5.41, 5.74) is 5.95. The lowest BCUT2D eigenvalue weighted by Gasteiger charge is -2.26. The Bertz CT molecular complexity index is 2120. The van der Waals surface area contributed by atoms with E-state index in [4.69, 9.17) is 0 Å². The minimum absolute atomic E-state index is 0.172. The van der Waals surface area contributed by atoms with Crippen LogP contribution in [0, 0.1) is 25.7 Å². The van der Waals surface area contributed by atoms with Gasteiger partial charge in [-0.1, -0.05) is 101 Å². The quantitative estimate of drug-likeness (QED) is 0.118. The summed E-state index contributed by atoms with van der Waals surface area (Å²) in [5, 5.41) is 0. The van der Waals surface area contributed by atoms with Gasteiger partial charge in [0, 0.05) is 5.56 Å². The van der Waals surface area contributed by atoms with Gasteiger partial charge in [-0.2, -0.15) is 0 Å². The first-order chi connectivity index (χ1) is 22.9. The average molecular weight is 679 g/mol. The highest BCUT2D eigenvalue weighted by Gasteiger charge is 2.28. The molecule has 0 saturated heterocycles. The molecule has 0 aromatic heterocycles. The molecule has 8 heteroatoms. The van der Waals surface area contributed by atoms with Crippen LogP contribution in [0.5, 0.6) is 0 Å². The SMILES string of the molecule is C/C=C(\C)CN(c1ccccc1C#C/C=C/c1ccccc1N(C/C(C)=C/C)S(=O)(=O)c1ccc(C)cc1)S(=O)(=O)c1ccc(C)cc1. The second-order valence-corrected chi connectivity index (χ2v) is 15.3. The highest BCUT2D eigenvalue weighted by molar-refractivity contribution is 7.93. The van der Waals surface area contributed by atoms with Gasteiger partial charge in [-0.15, -0.1) is 0 Å². The van der Waals surface area contributed by atoms with Crippen LogP contribution in [0.1, 0.15) is 49.9 Å². The van der Waals surface area contributed by atoms with Crippen molar-refractivity contribution >= 4 is 37.5 Å². The van der Waals surface area contributed by atoms with Crippen LogP contribution in [-0.2, 0) is 20.0 Å². The van der Waals surface area contributed by atoms with E-state index in [-0.39, 0.29) is 22.9 Å². The number of para-hydroxylation sites is 2. The van der Waals surface area contributed by atoms with Crippen LogP contribution in [0.3, 0.4) is 0 Å². The molecule has 0 atom stereocenters. The number of rotatable bonds is 11. The fourth-order valence-corrected chi connectivity index (χ4v) is 7.87. The number of sulfonamides is 2. The van der Waals surface area contributed by atoms with Crippen LogP contribution in [0.4, 0.5) is 11.4 Å². The van der Waals surface area contributed by atoms with Crippen molar-refractivity contribution in [1.29, 1.82) is 0 Å². The Kier molecular flexibility index (Phi) is 11.9. The van der Waals surface area contributed by atoms with Crippen LogP contribution in [0.15, 0.2) is 136 Å². The maximum Gasteiger partial charge on any atom is 0.264 e. The van der Waals surface area contributed by atoms with E-state index < -0.39 is 20.0 Å². The molecule has 0 aliphatic carbocycles. The second kappa shape index (κ2) is 15.8. The number of benzene rings is 4. The van der Waals surface area contributed by atoms with Gasteiger partial charge in [-0.3, -0.25) is 8.61 Å². The number of allylic oxidation sites excluding steroid dienone is 3. The number of hydrogen-bond donors (Lipinski definition) is 0. The van der Waals surface area contributed by atoms with E-state index in [1.54, 1.807) is 84.9 Å². The van der Waals surface area contributed by atoms with Crippen molar-refractivity contribution in [2.24, 2.45) is 0 Å². The van der Waals surface area contributed by atoms with E-state index in [0.29, 0.717) is 22.5 Å². The molecule has 0 fully saturated rings. The fraction of sp³-hybridized carbons (Fsp3) is 0.200. The van der Waals surface area contributed by atoms with Gasteiger partial charge >= 0.3 is 0 Å². The van der Waals surface area contributed by atoms with Crippen molar-refractivity contribution in [3.63, 3.8) is 0 Å². The molecule has 0 aliphatic rings. The largest absolute Gasteiger partial charge is 0.264 e. The van der Waals surface area contributed by atoms with E-state index in [1.807, 2.05) is 78.0 Å². The lowest BCUT2D eigenvalue weighted by atomic mass is 10.1. The Morgan fingerprint density at radius 1 is 0.625 bits per heavy atom. The molecular weight excluding hydrogens is 637 g/mol. The molecular formula is C40H42N2O4S2. The van der Waals surface area contributed by atoms with Crippen molar-refractivity contribution in [1.82, 2.24) is 0 Å². The molecule has 0 radical (unpaired) electrons. The maximum atomic E-state index is 14.0. The summed E-state index contributed by atoms with van der Waals surface area (Å²) in [4.78, 5) is 0.417. The van der Waals surface area contributed by atoms with Gasteiger partial charge in [0.05, 0.1) is 34.3 Å². The molecule has 48 heavy (non-hydrogen) atoms. The first kappa shape index (κ1) is 36.0. The predicted molar refractivity (Wildman–Crippen MR) is 199 cm³/mol. The minimum atomic E-state index is -3.90. The van der Waals surface area contributed by atoms with Crippen LogP contribution in [0.25, 0.3) is 6.08 Å². The van der Waals surface area contributed by atoms with E-state index in [9.17, 15) is 16.8 Å². The van der Waals surface area contributed by atoms with Gasteiger partial charge in [-0.05, 0) is 102 Å². The van der Waals surface area contributed by atoms with Gasteiger partial charge in [-0.25, -0.2) is 16.8 Å². The van der Waals surface area contributed by atoms with Gasteiger partial charge in [0.1, 0.15) is 0 Å². The summed E-state index contributed by atoms with van der Waals surface area (Å²) >= 11 is 0. The zero-order chi connectivity index (χ0) is 34.9. The summed E-state index contributed by atoms with van der Waals surface area (Å²) in [6.45, 7) is 11.8. The standard InChI is InChI=1S/C40H42N2O4S2/c1-7-31(3)29-41(47(43,44)37-25-21-33(5)22-26-37)39-19-13-11-17-35(39)15-9-10-16-36-18-12-14-20-40(36)42(30-32(4)8-2)48(45,46)38-27-23-34(6)24-28-38/h7-9,11-15,17-28H,29-30H2,1-6H3/b15-9+,31-7+,32-8+. The van der Waals surface area contributed by atoms with Crippen LogP contribution < -0.4 is 8.61 Å². The normalized spacial score (nSPS) is 12.5. The third kappa shape index (κ3) is 8.54. The van der Waals surface area contributed by atoms with Crippen LogP contribution >= 0.6 is 0 Å². The Morgan fingerprint density at radius 3 is 1.56 bits per heavy atom. The molecule has 0 heterocycles. The van der Waals surface area contributed by atoms with Gasteiger partial charge in [0.2, 0.25) is 0 Å². The molecule has 6 nitrogen and oxygen atoms in total. The molecule has 0 saturated carbocycles. The summed E-state index contributed by atoms with van der Waals surface area (Å²) < 4.78 is 58.6. The van der Waals surface area contributed by atoms with Crippen molar-refractivity contribution in [2.75, 3.05) is 21.7 Å². The van der Waals surface area contributed by atoms with E-state index in [0.717, 1.165) is 22.3 Å². The Morgan fingerprint density at radius 2 is 1.06 bits per heavy atom. The zero-order valence-electron chi connectivity index (χ0n) is 28.3. The first-order valence-corrected chi connectivity index (χ1v) is 18.5. The highest BCUT2D eigenvalue weighted by Crippen LogP contribution is 2.30. The van der Waals surface area contributed by atoms with E-state index in [1.165, 1.54) is 8.61 Å².